The van der Waals surface area contributed by atoms with Gasteiger partial charge in [0.05, 0.1) is 17.6 Å². The summed E-state index contributed by atoms with van der Waals surface area (Å²) in [6.45, 7) is 1.51. The lowest BCUT2D eigenvalue weighted by atomic mass is 10.2. The van der Waals surface area contributed by atoms with Crippen molar-refractivity contribution in [3.63, 3.8) is 0 Å². The number of rotatable bonds is 7. The van der Waals surface area contributed by atoms with Gasteiger partial charge in [0.25, 0.3) is 15.9 Å². The average molecular weight is 384 g/mol. The van der Waals surface area contributed by atoms with Gasteiger partial charge in [0, 0.05) is 13.1 Å². The van der Waals surface area contributed by atoms with Gasteiger partial charge in [-0.2, -0.15) is 0 Å². The zero-order valence-electron chi connectivity index (χ0n) is 15.1. The minimum absolute atomic E-state index is 0.0228. The highest BCUT2D eigenvalue weighted by Crippen LogP contribution is 2.18. The fraction of sp³-hybridized carbons (Fsp3) is 0.529. The molecule has 0 saturated heterocycles. The average Bonchev–Trinajstić information content (AvgIpc) is 3.13. The van der Waals surface area contributed by atoms with Crippen LogP contribution < -0.4 is 5.32 Å². The van der Waals surface area contributed by atoms with Crippen LogP contribution in [0, 0.1) is 0 Å². The Hall–Kier alpha value is -1.97. The number of nitrogens with zero attached hydrogens (tertiary/aromatic N) is 1. The van der Waals surface area contributed by atoms with Gasteiger partial charge in [0.2, 0.25) is 0 Å². The van der Waals surface area contributed by atoms with Gasteiger partial charge in [-0.05, 0) is 44.0 Å². The first-order chi connectivity index (χ1) is 12.3. The van der Waals surface area contributed by atoms with Gasteiger partial charge in [0.1, 0.15) is 0 Å². The quantitative estimate of drug-likeness (QED) is 0.564. The number of carbonyl (C=O) groups excluding carboxylic acids is 2. The highest BCUT2D eigenvalue weighted by Gasteiger charge is 2.24. The van der Waals surface area contributed by atoms with E-state index in [9.17, 15) is 18.0 Å². The van der Waals surface area contributed by atoms with E-state index in [1.165, 1.54) is 45.3 Å². The van der Waals surface area contributed by atoms with E-state index in [1.54, 1.807) is 0 Å². The van der Waals surface area contributed by atoms with Crippen LogP contribution in [0.1, 0.15) is 43.0 Å². The maximum absolute atomic E-state index is 12.2. The van der Waals surface area contributed by atoms with E-state index in [0.29, 0.717) is 0 Å². The van der Waals surface area contributed by atoms with Crippen LogP contribution >= 0.6 is 0 Å². The van der Waals surface area contributed by atoms with Crippen LogP contribution in [0.5, 0.6) is 0 Å². The summed E-state index contributed by atoms with van der Waals surface area (Å²) < 4.78 is 30.1. The summed E-state index contributed by atoms with van der Waals surface area (Å²) in [6, 6.07) is 5.38. The Morgan fingerprint density at radius 1 is 1.19 bits per heavy atom. The Bertz CT molecular complexity index is 741. The highest BCUT2D eigenvalue weighted by atomic mass is 32.2. The molecule has 1 aromatic carbocycles. The second-order valence-corrected chi connectivity index (χ2v) is 8.09. The van der Waals surface area contributed by atoms with Crippen molar-refractivity contribution in [3.05, 3.63) is 29.8 Å². The first-order valence-corrected chi connectivity index (χ1v) is 9.84. The number of sulfonamides is 1. The van der Waals surface area contributed by atoms with Crippen molar-refractivity contribution in [2.45, 2.75) is 49.6 Å². The molecule has 144 valence electrons. The van der Waals surface area contributed by atoms with Gasteiger partial charge in [0.15, 0.2) is 6.10 Å². The van der Waals surface area contributed by atoms with Crippen molar-refractivity contribution in [1.82, 2.24) is 9.79 Å². The Labute approximate surface area is 153 Å². The van der Waals surface area contributed by atoms with E-state index >= 15 is 0 Å². The number of nitrogens with one attached hydrogen (secondary N) is 1. The van der Waals surface area contributed by atoms with Gasteiger partial charge in [-0.25, -0.2) is 13.2 Å². The molecule has 0 unspecified atom stereocenters. The number of hydrogen-bond acceptors (Lipinski definition) is 6. The topological polar surface area (TPSA) is 102 Å². The Morgan fingerprint density at radius 2 is 1.77 bits per heavy atom. The van der Waals surface area contributed by atoms with E-state index in [2.05, 4.69) is 10.2 Å². The van der Waals surface area contributed by atoms with Crippen LogP contribution in [-0.4, -0.2) is 51.1 Å². The zero-order chi connectivity index (χ0) is 19.3. The molecule has 0 radical (unpaired) electrons. The maximum atomic E-state index is 12.2. The summed E-state index contributed by atoms with van der Waals surface area (Å²) >= 11 is 0. The lowest BCUT2D eigenvalue weighted by molar-refractivity contribution is -0.129. The zero-order valence-corrected chi connectivity index (χ0v) is 15.9. The van der Waals surface area contributed by atoms with Crippen molar-refractivity contribution in [2.75, 3.05) is 14.2 Å². The monoisotopic (exact) mass is 384 g/mol. The van der Waals surface area contributed by atoms with Crippen molar-refractivity contribution in [3.8, 4) is 0 Å². The first kappa shape index (κ1) is 20.3. The van der Waals surface area contributed by atoms with Gasteiger partial charge in [-0.3, -0.25) is 9.63 Å². The molecule has 0 aliphatic heterocycles. The number of amides is 1. The van der Waals surface area contributed by atoms with Crippen LogP contribution in [0.3, 0.4) is 0 Å². The number of carbonyl (C=O) groups is 2. The summed E-state index contributed by atoms with van der Waals surface area (Å²) in [6.07, 6.45) is 3.14. The lowest BCUT2D eigenvalue weighted by Crippen LogP contribution is -2.40. The minimum atomic E-state index is -3.79. The molecule has 1 amide bonds. The fourth-order valence-electron chi connectivity index (χ4n) is 2.68. The van der Waals surface area contributed by atoms with E-state index < -0.39 is 22.1 Å². The van der Waals surface area contributed by atoms with Gasteiger partial charge in [-0.15, -0.1) is 0 Å². The minimum Gasteiger partial charge on any atom is -0.449 e. The molecule has 0 bridgehead atoms. The number of hydrogen-bond donors (Lipinski definition) is 1. The van der Waals surface area contributed by atoms with E-state index in [0.717, 1.165) is 30.2 Å². The molecule has 1 aromatic rings. The van der Waals surface area contributed by atoms with E-state index in [1.807, 2.05) is 0 Å². The van der Waals surface area contributed by atoms with E-state index in [-0.39, 0.29) is 22.4 Å². The number of benzene rings is 1. The standard InChI is InChI=1S/C17H24N2O6S/c1-12(16(20)18-14-6-4-5-7-14)25-17(21)13-8-10-15(11-9-13)26(22,23)19(2)24-3/h8-12,14H,4-7H2,1-3H3,(H,18,20)/t12-/m1/s1. The van der Waals surface area contributed by atoms with Gasteiger partial charge >= 0.3 is 5.97 Å². The van der Waals surface area contributed by atoms with Crippen LogP contribution in [-0.2, 0) is 24.4 Å². The largest absolute Gasteiger partial charge is 0.449 e. The molecular weight excluding hydrogens is 360 g/mol. The van der Waals surface area contributed by atoms with Gasteiger partial charge in [-0.1, -0.05) is 17.3 Å². The van der Waals surface area contributed by atoms with Crippen LogP contribution in [0.25, 0.3) is 0 Å². The Kier molecular flexibility index (Phi) is 6.74. The highest BCUT2D eigenvalue weighted by molar-refractivity contribution is 7.89. The van der Waals surface area contributed by atoms with Crippen molar-refractivity contribution in [1.29, 1.82) is 0 Å². The predicted molar refractivity (Wildman–Crippen MR) is 93.7 cm³/mol. The molecule has 1 saturated carbocycles. The van der Waals surface area contributed by atoms with E-state index in [4.69, 9.17) is 4.74 Å². The Morgan fingerprint density at radius 3 is 2.31 bits per heavy atom. The second-order valence-electron chi connectivity index (χ2n) is 6.16. The summed E-state index contributed by atoms with van der Waals surface area (Å²) in [5.74, 6) is -1.02. The molecule has 1 atom stereocenters. The summed E-state index contributed by atoms with van der Waals surface area (Å²) in [5, 5.41) is 2.87. The third-order valence-electron chi connectivity index (χ3n) is 4.34. The SMILES string of the molecule is CON(C)S(=O)(=O)c1ccc(C(=O)O[C@H](C)C(=O)NC2CCCC2)cc1. The predicted octanol–water partition coefficient (Wildman–Crippen LogP) is 1.47. The first-order valence-electron chi connectivity index (χ1n) is 8.40. The molecule has 26 heavy (non-hydrogen) atoms. The molecule has 1 N–H and O–H groups in total. The molecule has 8 nitrogen and oxygen atoms in total. The molecule has 9 heteroatoms. The van der Waals surface area contributed by atoms with Crippen molar-refractivity contribution < 1.29 is 27.6 Å². The molecule has 0 spiro atoms. The molecule has 0 heterocycles. The molecule has 0 aromatic heterocycles. The van der Waals surface area contributed by atoms with Crippen molar-refractivity contribution >= 4 is 21.9 Å². The van der Waals surface area contributed by atoms with Gasteiger partial charge < -0.3 is 10.1 Å². The van der Waals surface area contributed by atoms with Crippen LogP contribution in [0.15, 0.2) is 29.2 Å². The Balaban J connectivity index is 1.97. The smallest absolute Gasteiger partial charge is 0.338 e. The molecule has 1 aliphatic carbocycles. The third kappa shape index (κ3) is 4.80. The number of hydroxylamine groups is 1. The number of esters is 1. The molecule has 2 rings (SSSR count). The van der Waals surface area contributed by atoms with Crippen molar-refractivity contribution in [2.24, 2.45) is 0 Å². The molecular formula is C17H24N2O6S. The normalized spacial score (nSPS) is 16.5. The fourth-order valence-corrected chi connectivity index (χ4v) is 3.65. The van der Waals surface area contributed by atoms with Crippen LogP contribution in [0.2, 0.25) is 0 Å². The third-order valence-corrected chi connectivity index (χ3v) is 6.03. The lowest BCUT2D eigenvalue weighted by Gasteiger charge is -2.17. The summed E-state index contributed by atoms with van der Waals surface area (Å²) in [4.78, 5) is 28.9. The number of ether oxygens (including phenoxy) is 1. The summed E-state index contributed by atoms with van der Waals surface area (Å²) in [5.41, 5.74) is 0.157. The summed E-state index contributed by atoms with van der Waals surface area (Å²) in [7, 11) is -1.28. The molecule has 1 aliphatic rings. The second kappa shape index (κ2) is 8.61. The van der Waals surface area contributed by atoms with Crippen LogP contribution in [0.4, 0.5) is 0 Å². The maximum Gasteiger partial charge on any atom is 0.338 e. The molecule has 1 fully saturated rings.